The van der Waals surface area contributed by atoms with E-state index in [1.807, 2.05) is 0 Å². The third kappa shape index (κ3) is 5.79. The Bertz CT molecular complexity index is 1710. The normalized spacial score (nSPS) is 13.0. The molecule has 42 heavy (non-hydrogen) atoms. The first-order valence-corrected chi connectivity index (χ1v) is 13.0. The van der Waals surface area contributed by atoms with E-state index in [1.165, 1.54) is 30.8 Å². The molecule has 0 fully saturated rings. The lowest BCUT2D eigenvalue weighted by atomic mass is 10.00. The Morgan fingerprint density at radius 3 is 2.62 bits per heavy atom. The van der Waals surface area contributed by atoms with Crippen LogP contribution >= 0.6 is 11.3 Å². The lowest BCUT2D eigenvalue weighted by Crippen LogP contribution is -2.52. The molecule has 0 spiro atoms. The molecular weight excluding hydrogens is 584 g/mol. The van der Waals surface area contributed by atoms with Gasteiger partial charge in [-0.3, -0.25) is 19.9 Å². The van der Waals surface area contributed by atoms with Crippen LogP contribution in [-0.4, -0.2) is 66.5 Å². The van der Waals surface area contributed by atoms with Gasteiger partial charge in [0.2, 0.25) is 17.6 Å². The van der Waals surface area contributed by atoms with Gasteiger partial charge in [0.05, 0.1) is 0 Å². The van der Waals surface area contributed by atoms with E-state index in [0.29, 0.717) is 22.4 Å². The summed E-state index contributed by atoms with van der Waals surface area (Å²) in [6.07, 6.45) is -0.559. The molecule has 0 aliphatic carbocycles. The quantitative estimate of drug-likeness (QED) is 0.151. The molecule has 1 unspecified atom stereocenters. The molecule has 0 aliphatic heterocycles. The van der Waals surface area contributed by atoms with Crippen LogP contribution in [0.3, 0.4) is 0 Å². The van der Waals surface area contributed by atoms with Crippen LogP contribution in [0.25, 0.3) is 22.6 Å². The monoisotopic (exact) mass is 604 g/mol. The van der Waals surface area contributed by atoms with Crippen molar-refractivity contribution >= 4 is 39.9 Å². The number of anilines is 1. The van der Waals surface area contributed by atoms with Crippen LogP contribution in [-0.2, 0) is 10.3 Å². The zero-order valence-electron chi connectivity index (χ0n) is 21.5. The summed E-state index contributed by atoms with van der Waals surface area (Å²) >= 11 is 0.847. The molecular formula is C24H20F4N10O3S. The fourth-order valence-corrected chi connectivity index (χ4v) is 4.76. The third-order valence-electron chi connectivity index (χ3n) is 5.81. The van der Waals surface area contributed by atoms with Crippen molar-refractivity contribution in [3.63, 3.8) is 0 Å². The van der Waals surface area contributed by atoms with Gasteiger partial charge >= 0.3 is 6.55 Å². The molecule has 0 aliphatic rings. The summed E-state index contributed by atoms with van der Waals surface area (Å²) in [6, 6.07) is 7.97. The van der Waals surface area contributed by atoms with Gasteiger partial charge in [0, 0.05) is 49.0 Å². The number of aromatic nitrogens is 7. The summed E-state index contributed by atoms with van der Waals surface area (Å²) in [6.45, 7) is -2.21. The molecule has 0 bridgehead atoms. The second kappa shape index (κ2) is 12.0. The van der Waals surface area contributed by atoms with Crippen molar-refractivity contribution in [3.05, 3.63) is 64.6 Å². The summed E-state index contributed by atoms with van der Waals surface area (Å²) in [4.78, 5) is 36.4. The van der Waals surface area contributed by atoms with Crippen LogP contribution in [0.4, 0.5) is 23.2 Å². The number of rotatable bonds is 11. The van der Waals surface area contributed by atoms with Gasteiger partial charge < -0.3 is 15.1 Å². The maximum absolute atomic E-state index is 14.5. The van der Waals surface area contributed by atoms with Gasteiger partial charge in [0.25, 0.3) is 12.3 Å². The standard InChI is InChI=1S/C24H20F4N10O3S/c1-12(39)33-14-2-3-17-15(11-14)34-19(41-17)13-4-5-29-16(10-13)18(40)30-6-7-32-24(20(25)26,22-31-8-9-42-22)21-35-37-38(36-21)23(27)28/h2-5,8-11,20,23,32H,6-7H2,1H3,(H,30,40)(H,33,39). The minimum atomic E-state index is -3.21. The van der Waals surface area contributed by atoms with Gasteiger partial charge in [-0.15, -0.1) is 21.5 Å². The molecule has 218 valence electrons. The SMILES string of the molecule is CC(=O)Nc1ccc2oc(-c3ccnc(C(=O)NCCNC(c4nnn(C(F)F)n4)(c4nccs4)C(F)F)c3)nc2c1. The Morgan fingerprint density at radius 2 is 1.93 bits per heavy atom. The molecule has 0 saturated carbocycles. The van der Waals surface area contributed by atoms with Crippen LogP contribution in [0.1, 0.15) is 34.8 Å². The van der Waals surface area contributed by atoms with Crippen molar-refractivity contribution < 1.29 is 31.6 Å². The maximum Gasteiger partial charge on any atom is 0.350 e. The number of hydrogen-bond acceptors (Lipinski definition) is 11. The number of hydrogen-bond donors (Lipinski definition) is 3. The highest BCUT2D eigenvalue weighted by atomic mass is 32.1. The van der Waals surface area contributed by atoms with Gasteiger partial charge in [0.1, 0.15) is 16.2 Å². The predicted octanol–water partition coefficient (Wildman–Crippen LogP) is 3.21. The van der Waals surface area contributed by atoms with Crippen molar-refractivity contribution in [2.75, 3.05) is 18.4 Å². The Kier molecular flexibility index (Phi) is 8.16. The molecule has 5 aromatic rings. The molecule has 2 amide bonds. The number of benzene rings is 1. The molecule has 0 radical (unpaired) electrons. The Morgan fingerprint density at radius 1 is 1.10 bits per heavy atom. The molecule has 4 heterocycles. The van der Waals surface area contributed by atoms with Crippen LogP contribution in [0.2, 0.25) is 0 Å². The van der Waals surface area contributed by atoms with E-state index in [2.05, 4.69) is 46.3 Å². The number of alkyl halides is 4. The molecule has 18 heteroatoms. The first-order valence-electron chi connectivity index (χ1n) is 12.1. The highest BCUT2D eigenvalue weighted by molar-refractivity contribution is 7.09. The highest BCUT2D eigenvalue weighted by Gasteiger charge is 2.50. The number of nitrogens with one attached hydrogen (secondary N) is 3. The van der Waals surface area contributed by atoms with E-state index in [-0.39, 0.29) is 40.4 Å². The molecule has 0 saturated heterocycles. The Balaban J connectivity index is 1.28. The van der Waals surface area contributed by atoms with E-state index in [1.54, 1.807) is 24.3 Å². The second-order valence-electron chi connectivity index (χ2n) is 8.65. The largest absolute Gasteiger partial charge is 0.436 e. The van der Waals surface area contributed by atoms with Crippen molar-refractivity contribution in [1.82, 2.24) is 45.8 Å². The first kappa shape index (κ1) is 28.7. The molecule has 5 rings (SSSR count). The third-order valence-corrected chi connectivity index (χ3v) is 6.72. The molecule has 13 nitrogen and oxygen atoms in total. The van der Waals surface area contributed by atoms with Crippen molar-refractivity contribution in [2.45, 2.75) is 25.4 Å². The van der Waals surface area contributed by atoms with E-state index >= 15 is 0 Å². The topological polar surface area (TPSA) is 166 Å². The summed E-state index contributed by atoms with van der Waals surface area (Å²) in [5.41, 5.74) is -0.528. The van der Waals surface area contributed by atoms with Gasteiger partial charge in [-0.1, -0.05) is 4.80 Å². The van der Waals surface area contributed by atoms with Crippen molar-refractivity contribution in [1.29, 1.82) is 0 Å². The van der Waals surface area contributed by atoms with Crippen LogP contribution in [0.5, 0.6) is 0 Å². The van der Waals surface area contributed by atoms with Crippen molar-refractivity contribution in [3.8, 4) is 11.5 Å². The van der Waals surface area contributed by atoms with E-state index in [0.717, 1.165) is 11.3 Å². The molecule has 1 aromatic carbocycles. The molecule has 3 N–H and O–H groups in total. The number of pyridine rings is 1. The summed E-state index contributed by atoms with van der Waals surface area (Å²) in [7, 11) is 0. The minimum absolute atomic E-state index is 0.00437. The fourth-order valence-electron chi connectivity index (χ4n) is 3.95. The number of halogens is 4. The van der Waals surface area contributed by atoms with E-state index in [4.69, 9.17) is 4.42 Å². The number of thiazole rings is 1. The van der Waals surface area contributed by atoms with Crippen LogP contribution in [0.15, 0.2) is 52.5 Å². The van der Waals surface area contributed by atoms with Crippen LogP contribution in [0, 0.1) is 0 Å². The van der Waals surface area contributed by atoms with Crippen LogP contribution < -0.4 is 16.0 Å². The second-order valence-corrected chi connectivity index (χ2v) is 9.55. The summed E-state index contributed by atoms with van der Waals surface area (Å²) in [5.74, 6) is -1.35. The smallest absolute Gasteiger partial charge is 0.350 e. The van der Waals surface area contributed by atoms with Gasteiger partial charge in [-0.05, 0) is 35.5 Å². The number of fused-ring (bicyclic) bond motifs is 1. The molecule has 4 aromatic heterocycles. The number of nitrogens with zero attached hydrogens (tertiary/aromatic N) is 7. The number of carbonyl (C=O) groups is 2. The van der Waals surface area contributed by atoms with Gasteiger partial charge in [0.15, 0.2) is 11.1 Å². The lowest BCUT2D eigenvalue weighted by Gasteiger charge is -2.29. The zero-order valence-corrected chi connectivity index (χ0v) is 22.3. The summed E-state index contributed by atoms with van der Waals surface area (Å²) < 4.78 is 60.8. The van der Waals surface area contributed by atoms with E-state index < -0.39 is 30.2 Å². The minimum Gasteiger partial charge on any atom is -0.436 e. The van der Waals surface area contributed by atoms with E-state index in [9.17, 15) is 27.2 Å². The van der Waals surface area contributed by atoms with Gasteiger partial charge in [-0.2, -0.15) is 8.78 Å². The number of tetrazole rings is 1. The molecule has 1 atom stereocenters. The summed E-state index contributed by atoms with van der Waals surface area (Å²) in [5, 5.41) is 19.1. The Labute approximate surface area is 237 Å². The first-order chi connectivity index (χ1) is 20.2. The average Bonchev–Trinajstić information content (AvgIpc) is 3.74. The predicted molar refractivity (Wildman–Crippen MR) is 140 cm³/mol. The highest BCUT2D eigenvalue weighted by Crippen LogP contribution is 2.35. The number of oxazole rings is 1. The zero-order chi connectivity index (χ0) is 29.9. The van der Waals surface area contributed by atoms with Crippen molar-refractivity contribution in [2.24, 2.45) is 0 Å². The fraction of sp³-hybridized carbons (Fsp3) is 0.250. The average molecular weight is 605 g/mol. The number of carbonyl (C=O) groups excluding carboxylic acids is 2. The Hall–Kier alpha value is -4.84. The lowest BCUT2D eigenvalue weighted by molar-refractivity contribution is -0.114. The maximum atomic E-state index is 14.5. The number of amides is 2. The van der Waals surface area contributed by atoms with Gasteiger partial charge in [-0.25, -0.2) is 18.7 Å².